The highest BCUT2D eigenvalue weighted by Crippen LogP contribution is 2.23. The van der Waals surface area contributed by atoms with Gasteiger partial charge in [0, 0.05) is 0 Å². The van der Waals surface area contributed by atoms with E-state index >= 15 is 0 Å². The normalized spacial score (nSPS) is 13.0. The number of furan rings is 1. The summed E-state index contributed by atoms with van der Waals surface area (Å²) in [7, 11) is 0. The van der Waals surface area contributed by atoms with Gasteiger partial charge in [-0.15, -0.1) is 0 Å². The first-order valence-corrected chi connectivity index (χ1v) is 3.57. The molecule has 0 aliphatic heterocycles. The third-order valence-electron chi connectivity index (χ3n) is 1.33. The van der Waals surface area contributed by atoms with E-state index in [1.165, 1.54) is 0 Å². The van der Waals surface area contributed by atoms with Crippen LogP contribution in [-0.4, -0.2) is 5.11 Å². The van der Waals surface area contributed by atoms with Crippen molar-refractivity contribution in [3.05, 3.63) is 35.3 Å². The summed E-state index contributed by atoms with van der Waals surface area (Å²) in [6, 6.07) is 3.21. The topological polar surface area (TPSA) is 33.4 Å². The molecule has 3 heteroatoms. The van der Waals surface area contributed by atoms with Crippen LogP contribution in [0.3, 0.4) is 0 Å². The van der Waals surface area contributed by atoms with Crippen LogP contribution in [0.25, 0.3) is 0 Å². The van der Waals surface area contributed by atoms with Gasteiger partial charge < -0.3 is 9.52 Å². The molecule has 0 saturated heterocycles. The minimum atomic E-state index is -0.748. The maximum atomic E-state index is 9.36. The number of hydrogen-bond acceptors (Lipinski definition) is 2. The number of aliphatic hydroxyl groups is 1. The second-order valence-electron chi connectivity index (χ2n) is 2.39. The molecule has 1 N–H and O–H groups in total. The number of halogens is 1. The molecule has 1 rings (SSSR count). The molecule has 1 heterocycles. The Bertz CT molecular complexity index is 265. The van der Waals surface area contributed by atoms with Crippen LogP contribution >= 0.6 is 11.6 Å². The summed E-state index contributed by atoms with van der Waals surface area (Å²) in [4.78, 5) is 0. The van der Waals surface area contributed by atoms with Crippen molar-refractivity contribution in [1.29, 1.82) is 0 Å². The van der Waals surface area contributed by atoms with Crippen molar-refractivity contribution in [2.24, 2.45) is 0 Å². The average Bonchev–Trinajstić information content (AvgIpc) is 2.34. The Morgan fingerprint density at radius 1 is 1.73 bits per heavy atom. The average molecular weight is 173 g/mol. The first-order valence-electron chi connectivity index (χ1n) is 3.20. The molecule has 0 amide bonds. The van der Waals surface area contributed by atoms with Crippen LogP contribution in [0.2, 0.25) is 5.22 Å². The van der Waals surface area contributed by atoms with Crippen LogP contribution < -0.4 is 0 Å². The zero-order chi connectivity index (χ0) is 8.43. The smallest absolute Gasteiger partial charge is 0.193 e. The molecule has 1 atom stereocenters. The molecule has 0 aromatic carbocycles. The van der Waals surface area contributed by atoms with Crippen LogP contribution in [0.1, 0.15) is 18.8 Å². The molecule has 0 spiro atoms. The molecule has 60 valence electrons. The Morgan fingerprint density at radius 3 is 2.73 bits per heavy atom. The van der Waals surface area contributed by atoms with E-state index < -0.39 is 6.10 Å². The fraction of sp³-hybridized carbons (Fsp3) is 0.250. The van der Waals surface area contributed by atoms with Crippen molar-refractivity contribution in [3.8, 4) is 0 Å². The highest BCUT2D eigenvalue weighted by molar-refractivity contribution is 6.28. The van der Waals surface area contributed by atoms with E-state index in [2.05, 4.69) is 6.58 Å². The molecule has 0 bridgehead atoms. The van der Waals surface area contributed by atoms with Gasteiger partial charge in [-0.3, -0.25) is 0 Å². The minimum Gasteiger partial charge on any atom is -0.447 e. The number of aliphatic hydroxyl groups excluding tert-OH is 1. The van der Waals surface area contributed by atoms with Crippen molar-refractivity contribution in [2.45, 2.75) is 13.0 Å². The number of rotatable bonds is 2. The molecular formula is C8H9ClO2. The Morgan fingerprint density at radius 2 is 2.36 bits per heavy atom. The highest BCUT2D eigenvalue weighted by atomic mass is 35.5. The van der Waals surface area contributed by atoms with Crippen LogP contribution in [0.5, 0.6) is 0 Å². The molecule has 0 saturated carbocycles. The summed E-state index contributed by atoms with van der Waals surface area (Å²) in [5.74, 6) is 0.433. The van der Waals surface area contributed by atoms with Gasteiger partial charge >= 0.3 is 0 Å². The summed E-state index contributed by atoms with van der Waals surface area (Å²) in [6.45, 7) is 5.31. The van der Waals surface area contributed by atoms with Gasteiger partial charge in [0.15, 0.2) is 5.22 Å². The predicted molar refractivity (Wildman–Crippen MR) is 43.5 cm³/mol. The maximum Gasteiger partial charge on any atom is 0.193 e. The van der Waals surface area contributed by atoms with Crippen LogP contribution in [0.4, 0.5) is 0 Å². The summed E-state index contributed by atoms with van der Waals surface area (Å²) < 4.78 is 4.96. The lowest BCUT2D eigenvalue weighted by Crippen LogP contribution is -1.94. The summed E-state index contributed by atoms with van der Waals surface area (Å²) in [5.41, 5.74) is 0.635. The lowest BCUT2D eigenvalue weighted by molar-refractivity contribution is 0.186. The molecule has 1 unspecified atom stereocenters. The van der Waals surface area contributed by atoms with Gasteiger partial charge in [-0.25, -0.2) is 0 Å². The van der Waals surface area contributed by atoms with E-state index in [1.54, 1.807) is 19.1 Å². The van der Waals surface area contributed by atoms with E-state index in [4.69, 9.17) is 16.0 Å². The van der Waals surface area contributed by atoms with Crippen molar-refractivity contribution in [1.82, 2.24) is 0 Å². The van der Waals surface area contributed by atoms with E-state index in [0.717, 1.165) is 0 Å². The monoisotopic (exact) mass is 172 g/mol. The van der Waals surface area contributed by atoms with Gasteiger partial charge in [-0.05, 0) is 36.2 Å². The zero-order valence-electron chi connectivity index (χ0n) is 6.17. The van der Waals surface area contributed by atoms with Gasteiger partial charge in [-0.1, -0.05) is 6.58 Å². The van der Waals surface area contributed by atoms with Gasteiger partial charge in [0.2, 0.25) is 0 Å². The third kappa shape index (κ3) is 1.85. The van der Waals surface area contributed by atoms with Gasteiger partial charge in [0.05, 0.1) is 0 Å². The summed E-state index contributed by atoms with van der Waals surface area (Å²) in [5, 5.41) is 9.64. The molecule has 2 nitrogen and oxygen atoms in total. The number of hydrogen-bond donors (Lipinski definition) is 1. The van der Waals surface area contributed by atoms with Crippen molar-refractivity contribution in [3.63, 3.8) is 0 Å². The van der Waals surface area contributed by atoms with E-state index in [9.17, 15) is 5.11 Å². The highest BCUT2D eigenvalue weighted by Gasteiger charge is 2.11. The molecule has 0 radical (unpaired) electrons. The lowest BCUT2D eigenvalue weighted by Gasteiger charge is -2.04. The second-order valence-corrected chi connectivity index (χ2v) is 2.76. The third-order valence-corrected chi connectivity index (χ3v) is 1.53. The standard InChI is InChI=1S/C8H9ClO2/c1-5(2)8(10)6-3-4-7(9)11-6/h3-4,8,10H,1H2,2H3. The van der Waals surface area contributed by atoms with Gasteiger partial charge in [-0.2, -0.15) is 0 Å². The fourth-order valence-corrected chi connectivity index (χ4v) is 0.870. The first-order chi connectivity index (χ1) is 5.11. The first kappa shape index (κ1) is 8.37. The zero-order valence-corrected chi connectivity index (χ0v) is 6.93. The van der Waals surface area contributed by atoms with Crippen molar-refractivity contribution < 1.29 is 9.52 Å². The SMILES string of the molecule is C=C(C)C(O)c1ccc(Cl)o1. The van der Waals surface area contributed by atoms with Crippen LogP contribution in [0.15, 0.2) is 28.7 Å². The van der Waals surface area contributed by atoms with Crippen molar-refractivity contribution >= 4 is 11.6 Å². The largest absolute Gasteiger partial charge is 0.447 e. The maximum absolute atomic E-state index is 9.36. The molecule has 0 fully saturated rings. The predicted octanol–water partition coefficient (Wildman–Crippen LogP) is 2.54. The Balaban J connectivity index is 2.84. The second kappa shape index (κ2) is 3.11. The van der Waals surface area contributed by atoms with Gasteiger partial charge in [0.25, 0.3) is 0 Å². The fourth-order valence-electron chi connectivity index (χ4n) is 0.718. The van der Waals surface area contributed by atoms with Crippen molar-refractivity contribution in [2.75, 3.05) is 0 Å². The van der Waals surface area contributed by atoms with Gasteiger partial charge in [0.1, 0.15) is 11.9 Å². The Hall–Kier alpha value is -0.730. The molecular weight excluding hydrogens is 164 g/mol. The quantitative estimate of drug-likeness (QED) is 0.696. The van der Waals surface area contributed by atoms with E-state index in [1.807, 2.05) is 0 Å². The van der Waals surface area contributed by atoms with E-state index in [0.29, 0.717) is 11.3 Å². The summed E-state index contributed by atoms with van der Waals surface area (Å²) >= 11 is 5.50. The lowest BCUT2D eigenvalue weighted by atomic mass is 10.1. The minimum absolute atomic E-state index is 0.278. The molecule has 11 heavy (non-hydrogen) atoms. The van der Waals surface area contributed by atoms with Crippen LogP contribution in [0, 0.1) is 0 Å². The molecule has 0 aliphatic carbocycles. The molecule has 0 aliphatic rings. The Labute approximate surface area is 70.1 Å². The Kier molecular flexibility index (Phi) is 2.37. The van der Waals surface area contributed by atoms with E-state index in [-0.39, 0.29) is 5.22 Å². The molecule has 1 aromatic rings. The van der Waals surface area contributed by atoms with Crippen LogP contribution in [-0.2, 0) is 0 Å². The summed E-state index contributed by atoms with van der Waals surface area (Å²) in [6.07, 6.45) is -0.748. The molecule has 1 aromatic heterocycles.